The van der Waals surface area contributed by atoms with Crippen molar-refractivity contribution < 1.29 is 14.8 Å². The molecule has 6 nitrogen and oxygen atoms in total. The zero-order valence-electron chi connectivity index (χ0n) is 12.3. The SMILES string of the molecule is CC(C)(O)C(C)(C)NCCOc1ccc([N+](=O)[O-])cc1. The maximum Gasteiger partial charge on any atom is 0.269 e. The summed E-state index contributed by atoms with van der Waals surface area (Å²) in [5.74, 6) is 0.582. The zero-order valence-corrected chi connectivity index (χ0v) is 12.3. The van der Waals surface area contributed by atoms with Crippen molar-refractivity contribution >= 4 is 5.69 Å². The van der Waals surface area contributed by atoms with Crippen LogP contribution in [0.1, 0.15) is 27.7 Å². The van der Waals surface area contributed by atoms with Crippen molar-refractivity contribution in [3.05, 3.63) is 34.4 Å². The normalized spacial score (nSPS) is 12.2. The van der Waals surface area contributed by atoms with Gasteiger partial charge in [-0.3, -0.25) is 10.1 Å². The minimum Gasteiger partial charge on any atom is -0.492 e. The second-order valence-corrected chi connectivity index (χ2v) is 5.71. The largest absolute Gasteiger partial charge is 0.492 e. The van der Waals surface area contributed by atoms with Crippen LogP contribution in [-0.2, 0) is 0 Å². The molecule has 1 aromatic carbocycles. The van der Waals surface area contributed by atoms with Crippen LogP contribution in [0.4, 0.5) is 5.69 Å². The highest BCUT2D eigenvalue weighted by Gasteiger charge is 2.34. The fraction of sp³-hybridized carbons (Fsp3) is 0.571. The van der Waals surface area contributed by atoms with Crippen molar-refractivity contribution in [2.24, 2.45) is 0 Å². The monoisotopic (exact) mass is 282 g/mol. The smallest absolute Gasteiger partial charge is 0.269 e. The molecule has 20 heavy (non-hydrogen) atoms. The van der Waals surface area contributed by atoms with E-state index < -0.39 is 16.1 Å². The summed E-state index contributed by atoms with van der Waals surface area (Å²) < 4.78 is 5.48. The third-order valence-electron chi connectivity index (χ3n) is 3.51. The Balaban J connectivity index is 2.40. The first-order valence-corrected chi connectivity index (χ1v) is 6.48. The van der Waals surface area contributed by atoms with Crippen molar-refractivity contribution in [3.63, 3.8) is 0 Å². The molecule has 0 atom stereocenters. The van der Waals surface area contributed by atoms with Crippen LogP contribution >= 0.6 is 0 Å². The van der Waals surface area contributed by atoms with Crippen LogP contribution in [0.15, 0.2) is 24.3 Å². The van der Waals surface area contributed by atoms with Crippen molar-refractivity contribution in [1.82, 2.24) is 5.32 Å². The van der Waals surface area contributed by atoms with E-state index in [1.165, 1.54) is 12.1 Å². The van der Waals surface area contributed by atoms with E-state index in [4.69, 9.17) is 4.74 Å². The summed E-state index contributed by atoms with van der Waals surface area (Å²) in [6.45, 7) is 8.30. The van der Waals surface area contributed by atoms with Gasteiger partial charge in [-0.05, 0) is 39.8 Å². The Morgan fingerprint density at radius 3 is 2.25 bits per heavy atom. The quantitative estimate of drug-likeness (QED) is 0.454. The lowest BCUT2D eigenvalue weighted by atomic mass is 9.86. The molecule has 6 heteroatoms. The van der Waals surface area contributed by atoms with Crippen molar-refractivity contribution in [2.45, 2.75) is 38.8 Å². The van der Waals surface area contributed by atoms with Gasteiger partial charge in [-0.1, -0.05) is 0 Å². The lowest BCUT2D eigenvalue weighted by Gasteiger charge is -2.38. The molecular formula is C14H22N2O4. The molecule has 112 valence electrons. The Bertz CT molecular complexity index is 449. The Morgan fingerprint density at radius 1 is 1.25 bits per heavy atom. The van der Waals surface area contributed by atoms with Crippen LogP contribution in [0, 0.1) is 10.1 Å². The summed E-state index contributed by atoms with van der Waals surface area (Å²) in [5.41, 5.74) is -1.25. The molecule has 1 aromatic rings. The van der Waals surface area contributed by atoms with Crippen LogP contribution < -0.4 is 10.1 Å². The molecule has 0 aliphatic rings. The molecule has 0 saturated heterocycles. The molecule has 1 rings (SSSR count). The average Bonchev–Trinajstić information content (AvgIpc) is 2.34. The van der Waals surface area contributed by atoms with Crippen LogP contribution in [0.5, 0.6) is 5.75 Å². The van der Waals surface area contributed by atoms with E-state index in [2.05, 4.69) is 5.32 Å². The van der Waals surface area contributed by atoms with Crippen LogP contribution in [0.3, 0.4) is 0 Å². The molecule has 0 saturated carbocycles. The standard InChI is InChI=1S/C14H22N2O4/c1-13(2,14(3,4)17)15-9-10-20-12-7-5-11(6-8-12)16(18)19/h5-8,15,17H,9-10H2,1-4H3. The van der Waals surface area contributed by atoms with Gasteiger partial charge in [0.05, 0.1) is 10.5 Å². The molecule has 0 bridgehead atoms. The first-order chi connectivity index (χ1) is 9.13. The summed E-state index contributed by atoms with van der Waals surface area (Å²) in [4.78, 5) is 10.1. The van der Waals surface area contributed by atoms with E-state index >= 15 is 0 Å². The van der Waals surface area contributed by atoms with Gasteiger partial charge in [0.1, 0.15) is 12.4 Å². The van der Waals surface area contributed by atoms with Gasteiger partial charge in [0, 0.05) is 24.2 Å². The number of hydrogen-bond acceptors (Lipinski definition) is 5. The number of hydrogen-bond donors (Lipinski definition) is 2. The molecule has 0 heterocycles. The van der Waals surface area contributed by atoms with E-state index in [0.29, 0.717) is 18.9 Å². The number of nitrogens with one attached hydrogen (secondary N) is 1. The second-order valence-electron chi connectivity index (χ2n) is 5.71. The Kier molecular flexibility index (Phi) is 5.08. The molecule has 0 spiro atoms. The lowest BCUT2D eigenvalue weighted by Crippen LogP contribution is -2.56. The van der Waals surface area contributed by atoms with Gasteiger partial charge in [0.15, 0.2) is 0 Å². The van der Waals surface area contributed by atoms with E-state index in [1.807, 2.05) is 13.8 Å². The highest BCUT2D eigenvalue weighted by molar-refractivity contribution is 5.35. The van der Waals surface area contributed by atoms with E-state index in [-0.39, 0.29) is 5.69 Å². The third-order valence-corrected chi connectivity index (χ3v) is 3.51. The fourth-order valence-electron chi connectivity index (χ4n) is 1.41. The Morgan fingerprint density at radius 2 is 1.80 bits per heavy atom. The predicted octanol–water partition coefficient (Wildman–Crippen LogP) is 2.11. The van der Waals surface area contributed by atoms with Crippen LogP contribution in [0.25, 0.3) is 0 Å². The third kappa shape index (κ3) is 4.47. The number of non-ortho nitro benzene ring substituents is 1. The second kappa shape index (κ2) is 6.19. The van der Waals surface area contributed by atoms with Gasteiger partial charge in [0.25, 0.3) is 5.69 Å². The average molecular weight is 282 g/mol. The summed E-state index contributed by atoms with van der Waals surface area (Å²) in [5, 5.41) is 23.7. The number of ether oxygens (including phenoxy) is 1. The summed E-state index contributed by atoms with van der Waals surface area (Å²) >= 11 is 0. The molecule has 2 N–H and O–H groups in total. The molecule has 0 aliphatic carbocycles. The molecule has 0 fully saturated rings. The molecule has 0 aromatic heterocycles. The minimum absolute atomic E-state index is 0.0404. The summed E-state index contributed by atoms with van der Waals surface area (Å²) in [7, 11) is 0. The topological polar surface area (TPSA) is 84.6 Å². The van der Waals surface area contributed by atoms with E-state index in [1.54, 1.807) is 26.0 Å². The number of nitro groups is 1. The molecule has 0 amide bonds. The van der Waals surface area contributed by atoms with Crippen LogP contribution in [0.2, 0.25) is 0 Å². The van der Waals surface area contributed by atoms with Gasteiger partial charge in [0.2, 0.25) is 0 Å². The molecule has 0 radical (unpaired) electrons. The predicted molar refractivity (Wildman–Crippen MR) is 77.0 cm³/mol. The number of benzene rings is 1. The van der Waals surface area contributed by atoms with Gasteiger partial charge in [-0.15, -0.1) is 0 Å². The maximum atomic E-state index is 10.5. The van der Waals surface area contributed by atoms with Crippen molar-refractivity contribution in [2.75, 3.05) is 13.2 Å². The van der Waals surface area contributed by atoms with Gasteiger partial charge in [-0.2, -0.15) is 0 Å². The first kappa shape index (κ1) is 16.4. The number of rotatable bonds is 7. The number of nitro benzene ring substituents is 1. The zero-order chi connectivity index (χ0) is 15.4. The first-order valence-electron chi connectivity index (χ1n) is 6.48. The highest BCUT2D eigenvalue weighted by Crippen LogP contribution is 2.20. The van der Waals surface area contributed by atoms with E-state index in [9.17, 15) is 15.2 Å². The summed E-state index contributed by atoms with van der Waals surface area (Å²) in [6, 6.07) is 5.95. The van der Waals surface area contributed by atoms with Crippen molar-refractivity contribution in [3.8, 4) is 5.75 Å². The van der Waals surface area contributed by atoms with Crippen LogP contribution in [-0.4, -0.2) is 34.3 Å². The highest BCUT2D eigenvalue weighted by atomic mass is 16.6. The fourth-order valence-corrected chi connectivity index (χ4v) is 1.41. The number of aliphatic hydroxyl groups is 1. The van der Waals surface area contributed by atoms with Crippen molar-refractivity contribution in [1.29, 1.82) is 0 Å². The van der Waals surface area contributed by atoms with Gasteiger partial charge < -0.3 is 15.2 Å². The van der Waals surface area contributed by atoms with E-state index in [0.717, 1.165) is 0 Å². The lowest BCUT2D eigenvalue weighted by molar-refractivity contribution is -0.384. The minimum atomic E-state index is -0.847. The van der Waals surface area contributed by atoms with Gasteiger partial charge in [-0.25, -0.2) is 0 Å². The molecule has 0 unspecified atom stereocenters. The van der Waals surface area contributed by atoms with Gasteiger partial charge >= 0.3 is 0 Å². The molecule has 0 aliphatic heterocycles. The molecular weight excluding hydrogens is 260 g/mol. The Hall–Kier alpha value is -1.66. The summed E-state index contributed by atoms with van der Waals surface area (Å²) in [6.07, 6.45) is 0. The maximum absolute atomic E-state index is 10.5. The number of nitrogens with zero attached hydrogens (tertiary/aromatic N) is 1. The Labute approximate surface area is 118 Å².